The Labute approximate surface area is 222 Å². The maximum atomic E-state index is 16.0. The predicted molar refractivity (Wildman–Crippen MR) is 150 cm³/mol. The number of anilines is 1. The molecular formula is C30H34FN5O2. The molecule has 198 valence electrons. The first-order valence-electron chi connectivity index (χ1n) is 12.6. The monoisotopic (exact) mass is 515 g/mol. The highest BCUT2D eigenvalue weighted by Crippen LogP contribution is 2.36. The molecule has 1 unspecified atom stereocenters. The van der Waals surface area contributed by atoms with Crippen molar-refractivity contribution in [2.45, 2.75) is 46.8 Å². The van der Waals surface area contributed by atoms with E-state index in [1.165, 1.54) is 0 Å². The molecule has 4 rings (SSSR count). The largest absolute Gasteiger partial charge is 0.494 e. The van der Waals surface area contributed by atoms with Crippen molar-refractivity contribution < 1.29 is 13.9 Å². The number of hydrogen-bond acceptors (Lipinski definition) is 5. The summed E-state index contributed by atoms with van der Waals surface area (Å²) in [6.45, 7) is 10.1. The average Bonchev–Trinajstić information content (AvgIpc) is 3.34. The van der Waals surface area contributed by atoms with Crippen LogP contribution in [0.3, 0.4) is 0 Å². The Morgan fingerprint density at radius 2 is 1.79 bits per heavy atom. The molecule has 0 aliphatic heterocycles. The normalized spacial score (nSPS) is 11.9. The summed E-state index contributed by atoms with van der Waals surface area (Å²) >= 11 is 0. The fourth-order valence-electron chi connectivity index (χ4n) is 4.45. The van der Waals surface area contributed by atoms with Gasteiger partial charge in [-0.05, 0) is 76.1 Å². The molecule has 0 aliphatic carbocycles. The minimum atomic E-state index is -0.703. The third-order valence-electron chi connectivity index (χ3n) is 6.15. The fraction of sp³-hybridized carbons (Fsp3) is 0.267. The SMILES string of the molecule is CCOc1cc(OC(C)C)c(F)c(C(Nc2ccc(C(=N)N)cc2)c2ncc(-c3c(C)cccc3C)[nH]2)c1. The summed E-state index contributed by atoms with van der Waals surface area (Å²) < 4.78 is 27.6. The molecule has 38 heavy (non-hydrogen) atoms. The van der Waals surface area contributed by atoms with Gasteiger partial charge in [-0.1, -0.05) is 18.2 Å². The predicted octanol–water partition coefficient (Wildman–Crippen LogP) is 6.50. The average molecular weight is 516 g/mol. The molecule has 1 heterocycles. The number of H-pyrrole nitrogens is 1. The molecule has 0 bridgehead atoms. The molecule has 0 spiro atoms. The van der Waals surface area contributed by atoms with Crippen LogP contribution in [0.15, 0.2) is 60.8 Å². The van der Waals surface area contributed by atoms with E-state index in [4.69, 9.17) is 20.6 Å². The Kier molecular flexibility index (Phi) is 8.00. The van der Waals surface area contributed by atoms with Crippen LogP contribution in [-0.4, -0.2) is 28.5 Å². The number of hydrogen-bond donors (Lipinski definition) is 4. The molecule has 8 heteroatoms. The number of aryl methyl sites for hydroxylation is 2. The van der Waals surface area contributed by atoms with Gasteiger partial charge in [0.1, 0.15) is 23.5 Å². The number of nitrogens with zero attached hydrogens (tertiary/aromatic N) is 1. The van der Waals surface area contributed by atoms with Crippen LogP contribution in [-0.2, 0) is 0 Å². The number of nitrogens with one attached hydrogen (secondary N) is 3. The van der Waals surface area contributed by atoms with E-state index >= 15 is 4.39 Å². The van der Waals surface area contributed by atoms with Crippen molar-refractivity contribution in [2.75, 3.05) is 11.9 Å². The minimum Gasteiger partial charge on any atom is -0.494 e. The summed E-state index contributed by atoms with van der Waals surface area (Å²) in [7, 11) is 0. The third-order valence-corrected chi connectivity index (χ3v) is 6.15. The summed E-state index contributed by atoms with van der Waals surface area (Å²) in [5, 5.41) is 11.1. The first-order valence-corrected chi connectivity index (χ1v) is 12.6. The van der Waals surface area contributed by atoms with Gasteiger partial charge in [-0.25, -0.2) is 9.37 Å². The van der Waals surface area contributed by atoms with Crippen LogP contribution in [0.1, 0.15) is 54.9 Å². The molecule has 1 atom stereocenters. The Morgan fingerprint density at radius 3 is 2.39 bits per heavy atom. The smallest absolute Gasteiger partial charge is 0.171 e. The molecule has 0 radical (unpaired) electrons. The second-order valence-corrected chi connectivity index (χ2v) is 9.44. The summed E-state index contributed by atoms with van der Waals surface area (Å²) in [4.78, 5) is 8.10. The van der Waals surface area contributed by atoms with Gasteiger partial charge in [0.25, 0.3) is 0 Å². The summed E-state index contributed by atoms with van der Waals surface area (Å²) in [6, 6.07) is 15.8. The van der Waals surface area contributed by atoms with Crippen LogP contribution >= 0.6 is 0 Å². The molecule has 4 aromatic rings. The highest BCUT2D eigenvalue weighted by Gasteiger charge is 2.26. The third kappa shape index (κ3) is 5.80. The zero-order valence-corrected chi connectivity index (χ0v) is 22.4. The molecule has 0 amide bonds. The van der Waals surface area contributed by atoms with Crippen molar-refractivity contribution in [3.05, 3.63) is 94.7 Å². The van der Waals surface area contributed by atoms with E-state index in [0.717, 1.165) is 22.4 Å². The van der Waals surface area contributed by atoms with Gasteiger partial charge in [0.2, 0.25) is 0 Å². The number of imidazole rings is 1. The van der Waals surface area contributed by atoms with Crippen molar-refractivity contribution >= 4 is 11.5 Å². The highest BCUT2D eigenvalue weighted by molar-refractivity contribution is 5.95. The maximum absolute atomic E-state index is 16.0. The number of aromatic nitrogens is 2. The molecule has 0 saturated carbocycles. The van der Waals surface area contributed by atoms with E-state index in [1.807, 2.05) is 26.8 Å². The fourth-order valence-corrected chi connectivity index (χ4v) is 4.45. The summed E-state index contributed by atoms with van der Waals surface area (Å²) in [6.07, 6.45) is 1.55. The number of halogens is 1. The Hall–Kier alpha value is -4.33. The van der Waals surface area contributed by atoms with Gasteiger partial charge in [-0.15, -0.1) is 0 Å². The van der Waals surface area contributed by atoms with Gasteiger partial charge >= 0.3 is 0 Å². The second kappa shape index (κ2) is 11.4. The number of benzene rings is 3. The van der Waals surface area contributed by atoms with Crippen molar-refractivity contribution in [3.63, 3.8) is 0 Å². The Balaban J connectivity index is 1.85. The number of amidine groups is 1. The minimum absolute atomic E-state index is 0.0247. The van der Waals surface area contributed by atoms with Crippen molar-refractivity contribution in [2.24, 2.45) is 5.73 Å². The lowest BCUT2D eigenvalue weighted by atomic mass is 10.0. The molecule has 7 nitrogen and oxygen atoms in total. The van der Waals surface area contributed by atoms with Crippen molar-refractivity contribution in [3.8, 4) is 22.8 Å². The highest BCUT2D eigenvalue weighted by atomic mass is 19.1. The standard InChI is InChI=1S/C30H34FN5O2/c1-6-37-22-14-23(27(31)25(15-22)38-17(2)3)28(35-21-12-10-20(11-13-21)29(32)33)30-34-16-24(36-30)26-18(4)8-7-9-19(26)5/h7-17,28,35H,6H2,1-5H3,(H3,32,33)(H,34,36). The van der Waals surface area contributed by atoms with Crippen LogP contribution in [0.2, 0.25) is 0 Å². The van der Waals surface area contributed by atoms with Gasteiger partial charge in [0, 0.05) is 28.4 Å². The van der Waals surface area contributed by atoms with Crippen LogP contribution in [0, 0.1) is 25.1 Å². The lowest BCUT2D eigenvalue weighted by Gasteiger charge is -2.22. The summed E-state index contributed by atoms with van der Waals surface area (Å²) in [5.41, 5.74) is 11.4. The molecule has 5 N–H and O–H groups in total. The van der Waals surface area contributed by atoms with Crippen LogP contribution in [0.4, 0.5) is 10.1 Å². The Bertz CT molecular complexity index is 1410. The maximum Gasteiger partial charge on any atom is 0.171 e. The molecule has 1 aromatic heterocycles. The summed E-state index contributed by atoms with van der Waals surface area (Å²) in [5.74, 6) is 0.621. The molecule has 3 aromatic carbocycles. The van der Waals surface area contributed by atoms with E-state index < -0.39 is 11.9 Å². The van der Waals surface area contributed by atoms with Gasteiger partial charge in [-0.3, -0.25) is 5.41 Å². The topological polar surface area (TPSA) is 109 Å². The number of aromatic amines is 1. The molecule has 0 saturated heterocycles. The van der Waals surface area contributed by atoms with Crippen molar-refractivity contribution in [1.29, 1.82) is 5.41 Å². The zero-order valence-electron chi connectivity index (χ0n) is 22.4. The van der Waals surface area contributed by atoms with Crippen LogP contribution in [0.5, 0.6) is 11.5 Å². The van der Waals surface area contributed by atoms with Gasteiger partial charge < -0.3 is 25.5 Å². The van der Waals surface area contributed by atoms with E-state index in [9.17, 15) is 0 Å². The lowest BCUT2D eigenvalue weighted by molar-refractivity contribution is 0.228. The lowest BCUT2D eigenvalue weighted by Crippen LogP contribution is -2.18. The van der Waals surface area contributed by atoms with Crippen LogP contribution in [0.25, 0.3) is 11.3 Å². The number of nitrogen functional groups attached to an aromatic ring is 1. The number of nitrogens with two attached hydrogens (primary N) is 1. The van der Waals surface area contributed by atoms with Gasteiger partial charge in [0.05, 0.1) is 24.6 Å². The van der Waals surface area contributed by atoms with Crippen LogP contribution < -0.4 is 20.5 Å². The Morgan fingerprint density at radius 1 is 1.11 bits per heavy atom. The first-order chi connectivity index (χ1) is 18.2. The zero-order chi connectivity index (χ0) is 27.4. The van der Waals surface area contributed by atoms with Gasteiger partial charge in [-0.2, -0.15) is 0 Å². The molecule has 0 aliphatic rings. The first kappa shape index (κ1) is 26.7. The van der Waals surface area contributed by atoms with Crippen molar-refractivity contribution in [1.82, 2.24) is 9.97 Å². The van der Waals surface area contributed by atoms with E-state index in [2.05, 4.69) is 41.3 Å². The van der Waals surface area contributed by atoms with E-state index in [-0.39, 0.29) is 17.7 Å². The molecule has 0 fully saturated rings. The second-order valence-electron chi connectivity index (χ2n) is 9.44. The van der Waals surface area contributed by atoms with E-state index in [0.29, 0.717) is 35.0 Å². The quantitative estimate of drug-likeness (QED) is 0.142. The van der Waals surface area contributed by atoms with Gasteiger partial charge in [0.15, 0.2) is 11.6 Å². The van der Waals surface area contributed by atoms with E-state index in [1.54, 1.807) is 42.6 Å². The number of rotatable bonds is 10. The molecular weight excluding hydrogens is 481 g/mol. The number of ether oxygens (including phenoxy) is 2.